The number of rotatable bonds is 4. The molecule has 1 amide bonds. The average molecular weight is 305 g/mol. The summed E-state index contributed by atoms with van der Waals surface area (Å²) in [4.78, 5) is 13.6. The van der Waals surface area contributed by atoms with E-state index in [0.29, 0.717) is 11.4 Å². The standard InChI is InChI=1S/C12H15BrClNO/c1-9(8-13)15(2)12(16)7-10-5-3-4-6-11(10)14/h3-6,9H,7-8H2,1-2H3. The third kappa shape index (κ3) is 3.49. The van der Waals surface area contributed by atoms with Crippen molar-refractivity contribution in [1.82, 2.24) is 4.90 Å². The molecule has 0 N–H and O–H groups in total. The minimum Gasteiger partial charge on any atom is -0.342 e. The van der Waals surface area contributed by atoms with Gasteiger partial charge in [-0.25, -0.2) is 0 Å². The Morgan fingerprint density at radius 2 is 2.12 bits per heavy atom. The molecule has 0 spiro atoms. The minimum absolute atomic E-state index is 0.0834. The first-order valence-electron chi connectivity index (χ1n) is 5.11. The zero-order valence-corrected chi connectivity index (χ0v) is 11.8. The summed E-state index contributed by atoms with van der Waals surface area (Å²) in [5, 5.41) is 1.42. The molecular formula is C12H15BrClNO. The van der Waals surface area contributed by atoms with Crippen molar-refractivity contribution in [2.45, 2.75) is 19.4 Å². The lowest BCUT2D eigenvalue weighted by atomic mass is 10.1. The van der Waals surface area contributed by atoms with Crippen molar-refractivity contribution < 1.29 is 4.79 Å². The fourth-order valence-corrected chi connectivity index (χ4v) is 1.92. The number of amides is 1. The number of carbonyl (C=O) groups is 1. The van der Waals surface area contributed by atoms with Crippen LogP contribution in [0.5, 0.6) is 0 Å². The number of carbonyl (C=O) groups excluding carboxylic acids is 1. The second-order valence-electron chi connectivity index (χ2n) is 3.78. The van der Waals surface area contributed by atoms with Crippen LogP contribution in [0.1, 0.15) is 12.5 Å². The van der Waals surface area contributed by atoms with Crippen LogP contribution in [0.3, 0.4) is 0 Å². The highest BCUT2D eigenvalue weighted by Gasteiger charge is 2.15. The van der Waals surface area contributed by atoms with E-state index in [2.05, 4.69) is 15.9 Å². The second kappa shape index (κ2) is 6.26. The van der Waals surface area contributed by atoms with Crippen molar-refractivity contribution in [3.8, 4) is 0 Å². The Balaban J connectivity index is 2.68. The van der Waals surface area contributed by atoms with Crippen LogP contribution in [0.2, 0.25) is 5.02 Å². The lowest BCUT2D eigenvalue weighted by Crippen LogP contribution is -2.37. The van der Waals surface area contributed by atoms with Gasteiger partial charge in [0.25, 0.3) is 0 Å². The summed E-state index contributed by atoms with van der Waals surface area (Å²) in [6.45, 7) is 2.00. The molecule has 4 heteroatoms. The zero-order valence-electron chi connectivity index (χ0n) is 9.41. The average Bonchev–Trinajstić information content (AvgIpc) is 2.30. The van der Waals surface area contributed by atoms with Crippen molar-refractivity contribution in [2.75, 3.05) is 12.4 Å². The summed E-state index contributed by atoms with van der Waals surface area (Å²) >= 11 is 9.37. The first kappa shape index (κ1) is 13.5. The molecule has 2 nitrogen and oxygen atoms in total. The summed E-state index contributed by atoms with van der Waals surface area (Å²) in [7, 11) is 1.81. The molecule has 0 saturated heterocycles. The Kier molecular flexibility index (Phi) is 5.29. The Bertz CT molecular complexity index is 370. The van der Waals surface area contributed by atoms with E-state index >= 15 is 0 Å². The zero-order chi connectivity index (χ0) is 12.1. The number of benzene rings is 1. The van der Waals surface area contributed by atoms with Crippen molar-refractivity contribution in [2.24, 2.45) is 0 Å². The predicted octanol–water partition coefficient (Wildman–Crippen LogP) is 3.12. The number of hydrogen-bond acceptors (Lipinski definition) is 1. The van der Waals surface area contributed by atoms with Gasteiger partial charge in [-0.15, -0.1) is 0 Å². The third-order valence-corrected chi connectivity index (χ3v) is 3.88. The van der Waals surface area contributed by atoms with Crippen LogP contribution in [-0.4, -0.2) is 29.2 Å². The maximum absolute atomic E-state index is 11.9. The summed E-state index contributed by atoms with van der Waals surface area (Å²) in [5.74, 6) is 0.0834. The highest BCUT2D eigenvalue weighted by Crippen LogP contribution is 2.16. The Labute approximate surface area is 110 Å². The molecule has 0 radical (unpaired) electrons. The number of alkyl halides is 1. The SMILES string of the molecule is CC(CBr)N(C)C(=O)Cc1ccccc1Cl. The van der Waals surface area contributed by atoms with Crippen LogP contribution in [0, 0.1) is 0 Å². The predicted molar refractivity (Wildman–Crippen MR) is 71.2 cm³/mol. The maximum atomic E-state index is 11.9. The molecule has 0 aliphatic rings. The molecular weight excluding hydrogens is 289 g/mol. The van der Waals surface area contributed by atoms with Gasteiger partial charge in [0.2, 0.25) is 5.91 Å². The monoisotopic (exact) mass is 303 g/mol. The summed E-state index contributed by atoms with van der Waals surface area (Å²) < 4.78 is 0. The van der Waals surface area contributed by atoms with Gasteiger partial charge in [0.1, 0.15) is 0 Å². The maximum Gasteiger partial charge on any atom is 0.227 e. The van der Waals surface area contributed by atoms with E-state index < -0.39 is 0 Å². The highest BCUT2D eigenvalue weighted by molar-refractivity contribution is 9.09. The molecule has 88 valence electrons. The highest BCUT2D eigenvalue weighted by atomic mass is 79.9. The van der Waals surface area contributed by atoms with E-state index in [-0.39, 0.29) is 11.9 Å². The quantitative estimate of drug-likeness (QED) is 0.783. The van der Waals surface area contributed by atoms with Crippen molar-refractivity contribution >= 4 is 33.4 Å². The number of likely N-dealkylation sites (N-methyl/N-ethyl adjacent to an activating group) is 1. The van der Waals surface area contributed by atoms with E-state index in [1.165, 1.54) is 0 Å². The molecule has 0 heterocycles. The van der Waals surface area contributed by atoms with E-state index in [1.54, 1.807) is 11.0 Å². The normalized spacial score (nSPS) is 12.2. The van der Waals surface area contributed by atoms with Gasteiger partial charge in [0.05, 0.1) is 6.42 Å². The topological polar surface area (TPSA) is 20.3 Å². The van der Waals surface area contributed by atoms with E-state index in [4.69, 9.17) is 11.6 Å². The molecule has 0 aliphatic carbocycles. The van der Waals surface area contributed by atoms with E-state index in [1.807, 2.05) is 32.2 Å². The largest absolute Gasteiger partial charge is 0.342 e. The third-order valence-electron chi connectivity index (χ3n) is 2.58. The molecule has 0 fully saturated rings. The lowest BCUT2D eigenvalue weighted by molar-refractivity contribution is -0.130. The van der Waals surface area contributed by atoms with Crippen LogP contribution in [-0.2, 0) is 11.2 Å². The van der Waals surface area contributed by atoms with Crippen molar-refractivity contribution in [3.63, 3.8) is 0 Å². The molecule has 16 heavy (non-hydrogen) atoms. The minimum atomic E-state index is 0.0834. The van der Waals surface area contributed by atoms with Crippen molar-refractivity contribution in [1.29, 1.82) is 0 Å². The Morgan fingerprint density at radius 3 is 2.69 bits per heavy atom. The molecule has 1 unspecified atom stereocenters. The fourth-order valence-electron chi connectivity index (χ4n) is 1.28. The van der Waals surface area contributed by atoms with Crippen LogP contribution in [0.15, 0.2) is 24.3 Å². The smallest absolute Gasteiger partial charge is 0.227 e. The van der Waals surface area contributed by atoms with Gasteiger partial charge in [0.15, 0.2) is 0 Å². The molecule has 1 aromatic carbocycles. The van der Waals surface area contributed by atoms with Crippen LogP contribution in [0.25, 0.3) is 0 Å². The van der Waals surface area contributed by atoms with Crippen LogP contribution >= 0.6 is 27.5 Å². The Morgan fingerprint density at radius 1 is 1.50 bits per heavy atom. The fraction of sp³-hybridized carbons (Fsp3) is 0.417. The number of nitrogens with zero attached hydrogens (tertiary/aromatic N) is 1. The van der Waals surface area contributed by atoms with Gasteiger partial charge in [0, 0.05) is 23.4 Å². The lowest BCUT2D eigenvalue weighted by Gasteiger charge is -2.23. The molecule has 0 saturated carbocycles. The molecule has 1 rings (SSSR count). The summed E-state index contributed by atoms with van der Waals surface area (Å²) in [6.07, 6.45) is 0.355. The molecule has 0 aliphatic heterocycles. The number of hydrogen-bond donors (Lipinski definition) is 0. The van der Waals surface area contributed by atoms with Gasteiger partial charge in [-0.05, 0) is 18.6 Å². The van der Waals surface area contributed by atoms with Gasteiger partial charge >= 0.3 is 0 Å². The van der Waals surface area contributed by atoms with E-state index in [0.717, 1.165) is 10.9 Å². The molecule has 0 aromatic heterocycles. The van der Waals surface area contributed by atoms with Gasteiger partial charge in [-0.1, -0.05) is 45.7 Å². The second-order valence-corrected chi connectivity index (χ2v) is 4.83. The molecule has 1 atom stereocenters. The molecule has 0 bridgehead atoms. The van der Waals surface area contributed by atoms with Gasteiger partial charge in [-0.3, -0.25) is 4.79 Å². The first-order valence-corrected chi connectivity index (χ1v) is 6.61. The van der Waals surface area contributed by atoms with Gasteiger partial charge < -0.3 is 4.90 Å². The van der Waals surface area contributed by atoms with Gasteiger partial charge in [-0.2, -0.15) is 0 Å². The summed E-state index contributed by atoms with van der Waals surface area (Å²) in [6, 6.07) is 7.63. The van der Waals surface area contributed by atoms with Crippen LogP contribution in [0.4, 0.5) is 0 Å². The molecule has 1 aromatic rings. The number of halogens is 2. The first-order chi connectivity index (χ1) is 7.56. The van der Waals surface area contributed by atoms with E-state index in [9.17, 15) is 4.79 Å². The summed E-state index contributed by atoms with van der Waals surface area (Å²) in [5.41, 5.74) is 0.878. The van der Waals surface area contributed by atoms with Crippen LogP contribution < -0.4 is 0 Å². The van der Waals surface area contributed by atoms with Crippen molar-refractivity contribution in [3.05, 3.63) is 34.9 Å². The Hall–Kier alpha value is -0.540.